The molecule has 2 bridgehead atoms. The van der Waals surface area contributed by atoms with Crippen molar-refractivity contribution in [3.05, 3.63) is 46.0 Å². The Bertz CT molecular complexity index is 747. The Kier molecular flexibility index (Phi) is 3.25. The molecule has 0 aromatic heterocycles. The van der Waals surface area contributed by atoms with Crippen LogP contribution in [-0.2, 0) is 9.59 Å². The second-order valence-corrected chi connectivity index (χ2v) is 6.92. The molecule has 0 unspecified atom stereocenters. The van der Waals surface area contributed by atoms with Gasteiger partial charge in [-0.1, -0.05) is 35.4 Å². The SMILES string of the molecule is O=C(NN1C(=O)[C@@H]2[C@@H](C1=O)[C@H]1C=C[C@H]2C1)c1ccc(Cl)cc1Cl. The number of benzene rings is 1. The maximum atomic E-state index is 12.5. The second kappa shape index (κ2) is 5.08. The van der Waals surface area contributed by atoms with Crippen LogP contribution in [0.5, 0.6) is 0 Å². The predicted octanol–water partition coefficient (Wildman–Crippen LogP) is 2.45. The van der Waals surface area contributed by atoms with E-state index in [4.69, 9.17) is 23.2 Å². The first-order chi connectivity index (χ1) is 11.0. The average Bonchev–Trinajstić information content (AvgIpc) is 3.17. The molecular formula is C16H12Cl2N2O3. The van der Waals surface area contributed by atoms with Gasteiger partial charge in [0.05, 0.1) is 22.4 Å². The van der Waals surface area contributed by atoms with Crippen molar-refractivity contribution >= 4 is 40.9 Å². The van der Waals surface area contributed by atoms with E-state index in [1.54, 1.807) is 0 Å². The van der Waals surface area contributed by atoms with Crippen LogP contribution in [0.15, 0.2) is 30.4 Å². The number of fused-ring (bicyclic) bond motifs is 5. The van der Waals surface area contributed by atoms with Crippen LogP contribution in [0.2, 0.25) is 10.0 Å². The minimum atomic E-state index is -0.603. The van der Waals surface area contributed by atoms with Crippen molar-refractivity contribution in [3.8, 4) is 0 Å². The normalized spacial score (nSPS) is 31.0. The summed E-state index contributed by atoms with van der Waals surface area (Å²) in [6.45, 7) is 0. The van der Waals surface area contributed by atoms with E-state index in [9.17, 15) is 14.4 Å². The number of imide groups is 1. The van der Waals surface area contributed by atoms with Gasteiger partial charge in [-0.2, -0.15) is 5.01 Å². The van der Waals surface area contributed by atoms with Crippen LogP contribution in [0.1, 0.15) is 16.8 Å². The molecule has 118 valence electrons. The molecule has 1 saturated heterocycles. The number of rotatable bonds is 2. The summed E-state index contributed by atoms with van der Waals surface area (Å²) in [4.78, 5) is 37.3. The highest BCUT2D eigenvalue weighted by atomic mass is 35.5. The first kappa shape index (κ1) is 14.7. The number of hydrazine groups is 1. The average molecular weight is 351 g/mol. The zero-order chi connectivity index (χ0) is 16.3. The smallest absolute Gasteiger partial charge is 0.271 e. The van der Waals surface area contributed by atoms with E-state index in [0.29, 0.717) is 5.02 Å². The molecule has 1 heterocycles. The number of allylic oxidation sites excluding steroid dienone is 2. The number of halogens is 2. The summed E-state index contributed by atoms with van der Waals surface area (Å²) < 4.78 is 0. The van der Waals surface area contributed by atoms with Crippen molar-refractivity contribution in [2.45, 2.75) is 6.42 Å². The summed E-state index contributed by atoms with van der Waals surface area (Å²) in [6, 6.07) is 4.41. The van der Waals surface area contributed by atoms with E-state index in [-0.39, 0.29) is 46.1 Å². The van der Waals surface area contributed by atoms with E-state index in [1.807, 2.05) is 12.2 Å². The Morgan fingerprint density at radius 2 is 1.70 bits per heavy atom. The van der Waals surface area contributed by atoms with Crippen LogP contribution >= 0.6 is 23.2 Å². The van der Waals surface area contributed by atoms with Crippen LogP contribution < -0.4 is 5.43 Å². The second-order valence-electron chi connectivity index (χ2n) is 6.08. The summed E-state index contributed by atoms with van der Waals surface area (Å²) in [5, 5.41) is 1.42. The van der Waals surface area contributed by atoms with Gasteiger partial charge in [-0.3, -0.25) is 19.8 Å². The quantitative estimate of drug-likeness (QED) is 0.658. The molecule has 1 aromatic rings. The minimum absolute atomic E-state index is 0.0995. The van der Waals surface area contributed by atoms with E-state index < -0.39 is 5.91 Å². The Morgan fingerprint density at radius 1 is 1.09 bits per heavy atom. The van der Waals surface area contributed by atoms with E-state index in [2.05, 4.69) is 5.43 Å². The molecule has 1 aliphatic heterocycles. The highest BCUT2D eigenvalue weighted by Gasteiger charge is 2.59. The lowest BCUT2D eigenvalue weighted by Crippen LogP contribution is -2.47. The van der Waals surface area contributed by atoms with Gasteiger partial charge in [0.25, 0.3) is 17.7 Å². The molecule has 3 amide bonds. The molecule has 1 aromatic carbocycles. The summed E-state index contributed by atoms with van der Waals surface area (Å²) in [5.41, 5.74) is 2.55. The van der Waals surface area contributed by atoms with Gasteiger partial charge in [0.1, 0.15) is 0 Å². The maximum absolute atomic E-state index is 12.5. The van der Waals surface area contributed by atoms with Crippen LogP contribution in [0.4, 0.5) is 0 Å². The molecule has 23 heavy (non-hydrogen) atoms. The summed E-state index contributed by atoms with van der Waals surface area (Å²) in [6.07, 6.45) is 4.84. The molecule has 5 nitrogen and oxygen atoms in total. The molecule has 4 atom stereocenters. The standard InChI is InChI=1S/C16H12Cl2N2O3/c17-9-3-4-10(11(18)6-9)14(21)19-20-15(22)12-7-1-2-8(5-7)13(12)16(20)23/h1-4,6-8,12-13H,5H2,(H,19,21)/t7-,8-,12-,13-/m0/s1. The van der Waals surface area contributed by atoms with E-state index in [0.717, 1.165) is 11.4 Å². The monoisotopic (exact) mass is 350 g/mol. The lowest BCUT2D eigenvalue weighted by molar-refractivity contribution is -0.143. The maximum Gasteiger partial charge on any atom is 0.271 e. The molecule has 2 fully saturated rings. The highest BCUT2D eigenvalue weighted by Crippen LogP contribution is 2.52. The van der Waals surface area contributed by atoms with Gasteiger partial charge in [-0.05, 0) is 36.5 Å². The zero-order valence-electron chi connectivity index (χ0n) is 11.8. The molecule has 0 spiro atoms. The number of hydrogen-bond acceptors (Lipinski definition) is 3. The van der Waals surface area contributed by atoms with Crippen LogP contribution in [0.25, 0.3) is 0 Å². The van der Waals surface area contributed by atoms with Crippen LogP contribution in [0, 0.1) is 23.7 Å². The van der Waals surface area contributed by atoms with Crippen molar-refractivity contribution in [3.63, 3.8) is 0 Å². The third-order valence-corrected chi connectivity index (χ3v) is 5.41. The zero-order valence-corrected chi connectivity index (χ0v) is 13.3. The molecule has 7 heteroatoms. The van der Waals surface area contributed by atoms with Crippen LogP contribution in [-0.4, -0.2) is 22.7 Å². The highest BCUT2D eigenvalue weighted by molar-refractivity contribution is 6.36. The van der Waals surface area contributed by atoms with Crippen molar-refractivity contribution < 1.29 is 14.4 Å². The van der Waals surface area contributed by atoms with Crippen molar-refractivity contribution in [2.75, 3.05) is 0 Å². The third kappa shape index (κ3) is 2.11. The van der Waals surface area contributed by atoms with Gasteiger partial charge < -0.3 is 0 Å². The van der Waals surface area contributed by atoms with Gasteiger partial charge in [-0.15, -0.1) is 0 Å². The lowest BCUT2D eigenvalue weighted by Gasteiger charge is -2.18. The van der Waals surface area contributed by atoms with Gasteiger partial charge >= 0.3 is 0 Å². The van der Waals surface area contributed by atoms with Crippen molar-refractivity contribution in [2.24, 2.45) is 23.7 Å². The molecule has 0 radical (unpaired) electrons. The first-order valence-electron chi connectivity index (χ1n) is 7.29. The van der Waals surface area contributed by atoms with Crippen molar-refractivity contribution in [1.82, 2.24) is 10.4 Å². The van der Waals surface area contributed by atoms with E-state index >= 15 is 0 Å². The fourth-order valence-corrected chi connectivity index (χ4v) is 4.34. The van der Waals surface area contributed by atoms with Gasteiger partial charge in [0.15, 0.2) is 0 Å². The molecule has 3 aliphatic rings. The first-order valence-corrected chi connectivity index (χ1v) is 8.05. The summed E-state index contributed by atoms with van der Waals surface area (Å²) in [7, 11) is 0. The largest absolute Gasteiger partial charge is 0.272 e. The summed E-state index contributed by atoms with van der Waals surface area (Å²) >= 11 is 11.8. The number of amides is 3. The summed E-state index contributed by atoms with van der Waals surface area (Å²) in [5.74, 6) is -1.78. The Balaban J connectivity index is 1.57. The topological polar surface area (TPSA) is 66.5 Å². The number of carbonyl (C=O) groups excluding carboxylic acids is 3. The van der Waals surface area contributed by atoms with Gasteiger partial charge in [-0.25, -0.2) is 0 Å². The lowest BCUT2D eigenvalue weighted by atomic mass is 9.85. The molecule has 1 N–H and O–H groups in total. The van der Waals surface area contributed by atoms with Gasteiger partial charge in [0.2, 0.25) is 0 Å². The number of nitrogens with one attached hydrogen (secondary N) is 1. The van der Waals surface area contributed by atoms with Crippen LogP contribution in [0.3, 0.4) is 0 Å². The third-order valence-electron chi connectivity index (χ3n) is 4.86. The Hall–Kier alpha value is -1.85. The molecule has 4 rings (SSSR count). The van der Waals surface area contributed by atoms with E-state index in [1.165, 1.54) is 18.2 Å². The van der Waals surface area contributed by atoms with Gasteiger partial charge in [0, 0.05) is 5.02 Å². The Labute approximate surface area is 142 Å². The number of hydrogen-bond donors (Lipinski definition) is 1. The minimum Gasteiger partial charge on any atom is -0.272 e. The van der Waals surface area contributed by atoms with Crippen molar-refractivity contribution in [1.29, 1.82) is 0 Å². The fourth-order valence-electron chi connectivity index (χ4n) is 3.85. The molecule has 1 saturated carbocycles. The number of nitrogens with zero attached hydrogens (tertiary/aromatic N) is 1. The fraction of sp³-hybridized carbons (Fsp3) is 0.312. The molecular weight excluding hydrogens is 339 g/mol. The predicted molar refractivity (Wildman–Crippen MR) is 83.5 cm³/mol. The number of carbonyl (C=O) groups is 3. The Morgan fingerprint density at radius 3 is 2.26 bits per heavy atom. The molecule has 2 aliphatic carbocycles.